The highest BCUT2D eigenvalue weighted by Crippen LogP contribution is 2.25. The van der Waals surface area contributed by atoms with Crippen LogP contribution in [0, 0.1) is 0 Å². The van der Waals surface area contributed by atoms with Crippen LogP contribution in [-0.2, 0) is 18.0 Å². The van der Waals surface area contributed by atoms with Crippen LogP contribution in [0.3, 0.4) is 0 Å². The highest BCUT2D eigenvalue weighted by molar-refractivity contribution is 5.38. The fraction of sp³-hybridized carbons (Fsp3) is 0.172. The molecule has 0 aromatic heterocycles. The van der Waals surface area contributed by atoms with Gasteiger partial charge in [0.05, 0.1) is 0 Å². The lowest BCUT2D eigenvalue weighted by Gasteiger charge is -2.22. The van der Waals surface area contributed by atoms with Crippen molar-refractivity contribution in [1.82, 2.24) is 0 Å². The third kappa shape index (κ3) is 6.45. The van der Waals surface area contributed by atoms with E-state index < -0.39 is 0 Å². The van der Waals surface area contributed by atoms with Crippen molar-refractivity contribution >= 4 is 0 Å². The number of ether oxygens (including phenoxy) is 2. The summed E-state index contributed by atoms with van der Waals surface area (Å²) < 4.78 is 11.9. The fourth-order valence-electron chi connectivity index (χ4n) is 3.69. The first-order valence-electron chi connectivity index (χ1n) is 11.2. The Kier molecular flexibility index (Phi) is 7.75. The maximum atomic E-state index is 6.57. The Hall–Kier alpha value is -3.60. The largest absolute Gasteiger partial charge is 0.493 e. The molecule has 4 nitrogen and oxygen atoms in total. The van der Waals surface area contributed by atoms with Gasteiger partial charge in [-0.25, -0.2) is 0 Å². The van der Waals surface area contributed by atoms with Gasteiger partial charge in [-0.2, -0.15) is 0 Å². The van der Waals surface area contributed by atoms with E-state index in [-0.39, 0.29) is 12.1 Å². The number of rotatable bonds is 9. The van der Waals surface area contributed by atoms with Crippen LogP contribution in [0.1, 0.15) is 29.2 Å². The first-order valence-corrected chi connectivity index (χ1v) is 11.2. The van der Waals surface area contributed by atoms with Crippen LogP contribution in [0.15, 0.2) is 121 Å². The van der Waals surface area contributed by atoms with E-state index in [1.807, 2.05) is 91.0 Å². The van der Waals surface area contributed by atoms with E-state index in [9.17, 15) is 0 Å². The molecule has 4 N–H and O–H groups in total. The molecule has 0 radical (unpaired) electrons. The summed E-state index contributed by atoms with van der Waals surface area (Å²) in [5.74, 6) is 1.69. The second kappa shape index (κ2) is 11.3. The lowest BCUT2D eigenvalue weighted by molar-refractivity contribution is 0.194. The minimum Gasteiger partial charge on any atom is -0.493 e. The predicted octanol–water partition coefficient (Wildman–Crippen LogP) is 5.58. The standard InChI is InChI=1S/C29H30N2O2/c30-28(24-13-7-15-26(18-17-24)32-20-22-9-3-1-4-10-22)29(31)25-14-8-16-27(19-25)33-21-23-11-5-2-6-12-23/h1-17,19,28-29H,18,20-21,30-31H2. The number of nitrogens with two attached hydrogens (primary N) is 2. The van der Waals surface area contributed by atoms with E-state index in [0.717, 1.165) is 33.8 Å². The van der Waals surface area contributed by atoms with Crippen LogP contribution in [0.2, 0.25) is 0 Å². The van der Waals surface area contributed by atoms with Gasteiger partial charge in [-0.1, -0.05) is 91.0 Å². The van der Waals surface area contributed by atoms with Crippen molar-refractivity contribution in [3.63, 3.8) is 0 Å². The van der Waals surface area contributed by atoms with Crippen molar-refractivity contribution in [1.29, 1.82) is 0 Å². The second-order valence-electron chi connectivity index (χ2n) is 8.07. The highest BCUT2D eigenvalue weighted by atomic mass is 16.5. The van der Waals surface area contributed by atoms with Crippen molar-refractivity contribution in [3.8, 4) is 5.75 Å². The molecule has 0 bridgehead atoms. The van der Waals surface area contributed by atoms with Gasteiger partial charge in [-0.05, 0) is 40.5 Å². The summed E-state index contributed by atoms with van der Waals surface area (Å²) in [5, 5.41) is 0. The molecule has 168 valence electrons. The molecule has 0 saturated heterocycles. The summed E-state index contributed by atoms with van der Waals surface area (Å²) in [6.45, 7) is 1.06. The number of allylic oxidation sites excluding steroid dienone is 3. The minimum atomic E-state index is -0.354. The second-order valence-corrected chi connectivity index (χ2v) is 8.07. The lowest BCUT2D eigenvalue weighted by atomic mass is 9.94. The molecular weight excluding hydrogens is 408 g/mol. The van der Waals surface area contributed by atoms with E-state index in [4.69, 9.17) is 20.9 Å². The predicted molar refractivity (Wildman–Crippen MR) is 133 cm³/mol. The zero-order valence-corrected chi connectivity index (χ0v) is 18.6. The monoisotopic (exact) mass is 438 g/mol. The smallest absolute Gasteiger partial charge is 0.120 e. The van der Waals surface area contributed by atoms with Crippen LogP contribution >= 0.6 is 0 Å². The van der Waals surface area contributed by atoms with E-state index in [1.165, 1.54) is 0 Å². The molecule has 0 amide bonds. The Labute approximate surface area is 195 Å². The molecule has 0 saturated carbocycles. The van der Waals surface area contributed by atoms with Gasteiger partial charge in [0.2, 0.25) is 0 Å². The van der Waals surface area contributed by atoms with Gasteiger partial charge in [-0.3, -0.25) is 0 Å². The maximum Gasteiger partial charge on any atom is 0.120 e. The van der Waals surface area contributed by atoms with Crippen molar-refractivity contribution in [2.24, 2.45) is 11.5 Å². The van der Waals surface area contributed by atoms with Crippen LogP contribution in [0.5, 0.6) is 5.75 Å². The number of benzene rings is 3. The average molecular weight is 439 g/mol. The summed E-state index contributed by atoms with van der Waals surface area (Å²) in [5.41, 5.74) is 17.3. The molecule has 3 aromatic rings. The zero-order valence-electron chi connectivity index (χ0n) is 18.6. The molecule has 0 aliphatic heterocycles. The molecule has 3 aromatic carbocycles. The average Bonchev–Trinajstić information content (AvgIpc) is 3.12. The maximum absolute atomic E-state index is 6.57. The molecule has 2 atom stereocenters. The molecular formula is C29H30N2O2. The van der Waals surface area contributed by atoms with Crippen molar-refractivity contribution < 1.29 is 9.47 Å². The lowest BCUT2D eigenvalue weighted by Crippen LogP contribution is -2.35. The van der Waals surface area contributed by atoms with Gasteiger partial charge in [-0.15, -0.1) is 0 Å². The number of hydrogen-bond acceptors (Lipinski definition) is 4. The normalized spacial score (nSPS) is 15.1. The van der Waals surface area contributed by atoms with Crippen molar-refractivity contribution in [2.75, 3.05) is 0 Å². The zero-order chi connectivity index (χ0) is 22.9. The Bertz CT molecular complexity index is 1120. The summed E-state index contributed by atoms with van der Waals surface area (Å²) in [6, 6.07) is 27.4. The van der Waals surface area contributed by atoms with Gasteiger partial charge in [0.15, 0.2) is 0 Å². The van der Waals surface area contributed by atoms with E-state index in [2.05, 4.69) is 18.2 Å². The summed E-state index contributed by atoms with van der Waals surface area (Å²) >= 11 is 0. The van der Waals surface area contributed by atoms with Crippen LogP contribution in [0.25, 0.3) is 0 Å². The van der Waals surface area contributed by atoms with Gasteiger partial charge in [0, 0.05) is 18.5 Å². The summed E-state index contributed by atoms with van der Waals surface area (Å²) in [6.07, 6.45) is 8.75. The molecule has 2 unspecified atom stereocenters. The molecule has 0 spiro atoms. The molecule has 0 heterocycles. The van der Waals surface area contributed by atoms with E-state index in [1.54, 1.807) is 0 Å². The van der Waals surface area contributed by atoms with Gasteiger partial charge in [0.1, 0.15) is 24.7 Å². The topological polar surface area (TPSA) is 70.5 Å². The molecule has 0 fully saturated rings. The molecule has 4 heteroatoms. The fourth-order valence-corrected chi connectivity index (χ4v) is 3.69. The van der Waals surface area contributed by atoms with Crippen LogP contribution in [0.4, 0.5) is 0 Å². The summed E-state index contributed by atoms with van der Waals surface area (Å²) in [7, 11) is 0. The Morgan fingerprint density at radius 3 is 2.09 bits per heavy atom. The Morgan fingerprint density at radius 2 is 1.39 bits per heavy atom. The molecule has 1 aliphatic carbocycles. The van der Waals surface area contributed by atoms with Crippen LogP contribution in [-0.4, -0.2) is 6.04 Å². The first-order chi connectivity index (χ1) is 16.2. The van der Waals surface area contributed by atoms with Crippen LogP contribution < -0.4 is 16.2 Å². The molecule has 33 heavy (non-hydrogen) atoms. The number of hydrogen-bond donors (Lipinski definition) is 2. The highest BCUT2D eigenvalue weighted by Gasteiger charge is 2.19. The third-order valence-corrected chi connectivity index (χ3v) is 5.64. The quantitative estimate of drug-likeness (QED) is 0.458. The molecule has 1 aliphatic rings. The van der Waals surface area contributed by atoms with Crippen molar-refractivity contribution in [2.45, 2.75) is 31.7 Å². The van der Waals surface area contributed by atoms with Gasteiger partial charge in [0.25, 0.3) is 0 Å². The van der Waals surface area contributed by atoms with E-state index >= 15 is 0 Å². The van der Waals surface area contributed by atoms with E-state index in [0.29, 0.717) is 19.6 Å². The van der Waals surface area contributed by atoms with Gasteiger partial charge < -0.3 is 20.9 Å². The van der Waals surface area contributed by atoms with Gasteiger partial charge >= 0.3 is 0 Å². The molecule has 4 rings (SSSR count). The Morgan fingerprint density at radius 1 is 0.727 bits per heavy atom. The first kappa shape index (κ1) is 22.6. The minimum absolute atomic E-state index is 0.340. The SMILES string of the molecule is NC(C1=CCC(OCc2ccccc2)=CC=C1)C(N)c1cccc(OCc2ccccc2)c1. The van der Waals surface area contributed by atoms with Crippen molar-refractivity contribution in [3.05, 3.63) is 137 Å². The summed E-state index contributed by atoms with van der Waals surface area (Å²) in [4.78, 5) is 0. The Balaban J connectivity index is 1.35. The third-order valence-electron chi connectivity index (χ3n) is 5.64.